The Bertz CT molecular complexity index is 1150. The first-order valence-electron chi connectivity index (χ1n) is 11.1. The number of hydrogen-bond acceptors (Lipinski definition) is 5. The number of rotatable bonds is 10. The van der Waals surface area contributed by atoms with Gasteiger partial charge in [0, 0.05) is 33.5 Å². The summed E-state index contributed by atoms with van der Waals surface area (Å²) in [6.45, 7) is 6.24. The number of pyridine rings is 1. The van der Waals surface area contributed by atoms with E-state index in [-0.39, 0.29) is 18.5 Å². The lowest BCUT2D eigenvalue weighted by Crippen LogP contribution is -2.36. The van der Waals surface area contributed by atoms with Crippen LogP contribution in [0.4, 0.5) is 0 Å². The number of nitrogens with one attached hydrogen (secondary N) is 1. The minimum atomic E-state index is -2.37. The molecule has 2 atom stereocenters. The summed E-state index contributed by atoms with van der Waals surface area (Å²) in [5, 5.41) is 3.29. The third kappa shape index (κ3) is 5.82. The zero-order valence-electron chi connectivity index (χ0n) is 19.3. The number of halogens is 1. The maximum absolute atomic E-state index is 12.8. The molecule has 2 aromatic heterocycles. The maximum Gasteiger partial charge on any atom is 0.255 e. The Morgan fingerprint density at radius 2 is 2.00 bits per heavy atom. The van der Waals surface area contributed by atoms with E-state index < -0.39 is 11.3 Å². The van der Waals surface area contributed by atoms with E-state index in [1.807, 2.05) is 44.2 Å². The maximum atomic E-state index is 12.8. The number of fused-ring (bicyclic) bond motifs is 1. The van der Waals surface area contributed by atoms with Crippen molar-refractivity contribution in [3.05, 3.63) is 50.7 Å². The van der Waals surface area contributed by atoms with Crippen molar-refractivity contribution < 1.29 is 18.0 Å². The lowest BCUT2D eigenvalue weighted by molar-refractivity contribution is 0.0964. The molecule has 33 heavy (non-hydrogen) atoms. The molecule has 1 amide bonds. The summed E-state index contributed by atoms with van der Waals surface area (Å²) in [5.74, 6) is 0.186. The van der Waals surface area contributed by atoms with Crippen molar-refractivity contribution in [3.63, 3.8) is 0 Å². The number of benzene rings is 1. The van der Waals surface area contributed by atoms with Crippen LogP contribution in [0.3, 0.4) is 0 Å². The van der Waals surface area contributed by atoms with Crippen LogP contribution in [0.2, 0.25) is 0 Å². The molecule has 2 heterocycles. The summed E-state index contributed by atoms with van der Waals surface area (Å²) in [7, 11) is 1.58. The molecule has 0 saturated carbocycles. The number of amides is 1. The molecular formula is C24H29IN3O4S-. The zero-order valence-corrected chi connectivity index (χ0v) is 22.3. The molecular weight excluding hydrogens is 553 g/mol. The van der Waals surface area contributed by atoms with Gasteiger partial charge in [0.05, 0.1) is 23.2 Å². The minimum Gasteiger partial charge on any atom is -0.760 e. The highest BCUT2D eigenvalue weighted by Crippen LogP contribution is 2.35. The molecule has 0 aliphatic rings. The molecule has 0 saturated heterocycles. The fourth-order valence-electron chi connectivity index (χ4n) is 3.85. The number of aryl methyl sites for hydroxylation is 1. The van der Waals surface area contributed by atoms with E-state index in [2.05, 4.69) is 39.8 Å². The van der Waals surface area contributed by atoms with Gasteiger partial charge in [-0.2, -0.15) is 0 Å². The fourth-order valence-corrected chi connectivity index (χ4v) is 5.18. The normalized spacial score (nSPS) is 13.4. The van der Waals surface area contributed by atoms with Crippen molar-refractivity contribution in [2.24, 2.45) is 0 Å². The Morgan fingerprint density at radius 3 is 2.58 bits per heavy atom. The number of carbonyl (C=O) groups is 1. The van der Waals surface area contributed by atoms with Crippen LogP contribution in [0.15, 0.2) is 34.7 Å². The van der Waals surface area contributed by atoms with Crippen molar-refractivity contribution in [1.82, 2.24) is 14.6 Å². The lowest BCUT2D eigenvalue weighted by Gasteiger charge is -2.32. The summed E-state index contributed by atoms with van der Waals surface area (Å²) in [6, 6.07) is 9.50. The van der Waals surface area contributed by atoms with Crippen molar-refractivity contribution in [1.29, 1.82) is 0 Å². The second-order valence-electron chi connectivity index (χ2n) is 8.02. The standard InChI is InChI=1S/C24H30IN3O4S/c1-5-7-8-17(6-2)28(33(30)31)14-20-19(25)13-18-21(23(29)26-4)22(32-24(18)27-20)16-11-9-15(3)10-12-16/h9-13,17H,5-8,14H2,1-4H3,(H,26,29)(H,30,31)/p-1. The Morgan fingerprint density at radius 1 is 1.30 bits per heavy atom. The smallest absolute Gasteiger partial charge is 0.255 e. The van der Waals surface area contributed by atoms with Gasteiger partial charge in [-0.1, -0.05) is 56.5 Å². The van der Waals surface area contributed by atoms with Crippen LogP contribution in [0.1, 0.15) is 61.1 Å². The molecule has 0 aliphatic carbocycles. The number of nitrogens with zero attached hydrogens (tertiary/aromatic N) is 2. The SMILES string of the molecule is CCCCC(CC)N(Cc1nc2oc(-c3ccc(C)cc3)c(C(=O)NC)c2cc1I)S(=O)[O-]. The molecule has 0 radical (unpaired) electrons. The van der Waals surface area contributed by atoms with Crippen LogP contribution >= 0.6 is 22.6 Å². The largest absolute Gasteiger partial charge is 0.760 e. The van der Waals surface area contributed by atoms with Gasteiger partial charge in [-0.05, 0) is 48.4 Å². The topological polar surface area (TPSA) is 98.5 Å². The first-order valence-corrected chi connectivity index (χ1v) is 13.2. The first-order chi connectivity index (χ1) is 15.8. The molecule has 178 valence electrons. The fraction of sp³-hybridized carbons (Fsp3) is 0.417. The monoisotopic (exact) mass is 582 g/mol. The molecule has 3 aromatic rings. The number of unbranched alkanes of at least 4 members (excludes halogenated alkanes) is 1. The van der Waals surface area contributed by atoms with Gasteiger partial charge in [0.2, 0.25) is 5.71 Å². The summed E-state index contributed by atoms with van der Waals surface area (Å²) in [5.41, 5.74) is 3.23. The average Bonchev–Trinajstić information content (AvgIpc) is 3.16. The summed E-state index contributed by atoms with van der Waals surface area (Å²) >= 11 is -0.228. The Hall–Kier alpha value is -1.82. The summed E-state index contributed by atoms with van der Waals surface area (Å²) < 4.78 is 32.5. The number of hydrogen-bond donors (Lipinski definition) is 1. The average molecular weight is 582 g/mol. The van der Waals surface area contributed by atoms with Gasteiger partial charge in [-0.3, -0.25) is 9.00 Å². The van der Waals surface area contributed by atoms with Gasteiger partial charge in [-0.15, -0.1) is 0 Å². The van der Waals surface area contributed by atoms with Gasteiger partial charge in [0.1, 0.15) is 5.76 Å². The highest BCUT2D eigenvalue weighted by Gasteiger charge is 2.25. The Kier molecular flexibility index (Phi) is 9.02. The highest BCUT2D eigenvalue weighted by atomic mass is 127. The third-order valence-corrected chi connectivity index (χ3v) is 7.49. The third-order valence-electron chi connectivity index (χ3n) is 5.74. The first kappa shape index (κ1) is 25.8. The van der Waals surface area contributed by atoms with Gasteiger partial charge in [-0.25, -0.2) is 9.29 Å². The molecule has 7 nitrogen and oxygen atoms in total. The molecule has 0 aliphatic heterocycles. The minimum absolute atomic E-state index is 0.0854. The molecule has 2 unspecified atom stereocenters. The lowest BCUT2D eigenvalue weighted by atomic mass is 10.0. The van der Waals surface area contributed by atoms with E-state index in [1.54, 1.807) is 7.05 Å². The van der Waals surface area contributed by atoms with Gasteiger partial charge in [0.15, 0.2) is 0 Å². The Labute approximate surface area is 210 Å². The molecule has 0 fully saturated rings. The van der Waals surface area contributed by atoms with E-state index >= 15 is 0 Å². The highest BCUT2D eigenvalue weighted by molar-refractivity contribution is 14.1. The zero-order chi connectivity index (χ0) is 24.1. The van der Waals surface area contributed by atoms with Gasteiger partial charge < -0.3 is 14.3 Å². The predicted octanol–water partition coefficient (Wildman–Crippen LogP) is 5.33. The molecule has 1 N–H and O–H groups in total. The second-order valence-corrected chi connectivity index (χ2v) is 10.1. The van der Waals surface area contributed by atoms with E-state index in [1.165, 1.54) is 4.31 Å². The summed E-state index contributed by atoms with van der Waals surface area (Å²) in [4.78, 5) is 17.4. The molecule has 3 rings (SSSR count). The number of carbonyl (C=O) groups excluding carboxylic acids is 1. The summed E-state index contributed by atoms with van der Waals surface area (Å²) in [6.07, 6.45) is 3.50. The van der Waals surface area contributed by atoms with Gasteiger partial charge in [0.25, 0.3) is 5.91 Å². The molecule has 0 bridgehead atoms. The quantitative estimate of drug-likeness (QED) is 0.257. The molecule has 1 aromatic carbocycles. The van der Waals surface area contributed by atoms with Crippen LogP contribution in [0.25, 0.3) is 22.4 Å². The van der Waals surface area contributed by atoms with Crippen molar-refractivity contribution in [2.75, 3.05) is 7.05 Å². The molecule has 0 spiro atoms. The van der Waals surface area contributed by atoms with Crippen LogP contribution in [-0.2, 0) is 17.8 Å². The van der Waals surface area contributed by atoms with Crippen LogP contribution < -0.4 is 5.32 Å². The van der Waals surface area contributed by atoms with Crippen LogP contribution in [-0.4, -0.2) is 37.0 Å². The molecule has 9 heteroatoms. The van der Waals surface area contributed by atoms with E-state index in [0.29, 0.717) is 28.1 Å². The van der Waals surface area contributed by atoms with E-state index in [0.717, 1.165) is 40.4 Å². The van der Waals surface area contributed by atoms with Crippen molar-refractivity contribution in [3.8, 4) is 11.3 Å². The van der Waals surface area contributed by atoms with E-state index in [4.69, 9.17) is 4.42 Å². The van der Waals surface area contributed by atoms with Crippen molar-refractivity contribution >= 4 is 50.9 Å². The van der Waals surface area contributed by atoms with Crippen LogP contribution in [0, 0.1) is 10.5 Å². The Balaban J connectivity index is 2.08. The second kappa shape index (κ2) is 11.5. The van der Waals surface area contributed by atoms with Crippen molar-refractivity contribution in [2.45, 2.75) is 59.0 Å². The predicted molar refractivity (Wildman–Crippen MR) is 138 cm³/mol. The number of aromatic nitrogens is 1. The van der Waals surface area contributed by atoms with E-state index in [9.17, 15) is 13.6 Å². The van der Waals surface area contributed by atoms with Crippen LogP contribution in [0.5, 0.6) is 0 Å². The van der Waals surface area contributed by atoms with Gasteiger partial charge >= 0.3 is 0 Å². The number of furan rings is 1.